The molecule has 1 aliphatic rings. The van der Waals surface area contributed by atoms with Crippen LogP contribution in [0.1, 0.15) is 51.9 Å². The maximum Gasteiger partial charge on any atom is 0.157 e. The minimum atomic E-state index is 0.0452. The summed E-state index contributed by atoms with van der Waals surface area (Å²) in [4.78, 5) is 0. The number of allylic oxidation sites excluding steroid dienone is 2. The van der Waals surface area contributed by atoms with Gasteiger partial charge in [0, 0.05) is 13.2 Å². The smallest absolute Gasteiger partial charge is 0.157 e. The van der Waals surface area contributed by atoms with Gasteiger partial charge in [-0.3, -0.25) is 0 Å². The van der Waals surface area contributed by atoms with E-state index in [2.05, 4.69) is 20.1 Å². The Morgan fingerprint density at radius 2 is 2.00 bits per heavy atom. The van der Waals surface area contributed by atoms with Crippen molar-refractivity contribution in [1.29, 1.82) is 0 Å². The molecule has 1 atom stereocenters. The number of rotatable bonds is 9. The average Bonchev–Trinajstić information content (AvgIpc) is 2.37. The van der Waals surface area contributed by atoms with Gasteiger partial charge in [-0.15, -0.1) is 13.2 Å². The zero-order valence-electron chi connectivity index (χ0n) is 11.8. The minimum Gasteiger partial charge on any atom is -0.353 e. The molecule has 1 aliphatic heterocycles. The van der Waals surface area contributed by atoms with Gasteiger partial charge in [-0.1, -0.05) is 19.1 Å². The molecule has 0 amide bonds. The standard InChI is InChI=1S/C16H28O2/c1-4-10-16(3,11-5-2)12-8-14-18-15-9-6-7-13-17-15/h4-5,15H,1-2,6-14H2,3H3. The van der Waals surface area contributed by atoms with Crippen molar-refractivity contribution in [3.63, 3.8) is 0 Å². The number of ether oxygens (including phenoxy) is 2. The molecule has 0 bridgehead atoms. The van der Waals surface area contributed by atoms with Gasteiger partial charge in [0.05, 0.1) is 0 Å². The van der Waals surface area contributed by atoms with Crippen LogP contribution >= 0.6 is 0 Å². The van der Waals surface area contributed by atoms with Crippen LogP contribution in [0, 0.1) is 5.41 Å². The Hall–Kier alpha value is -0.600. The quantitative estimate of drug-likeness (QED) is 0.445. The second-order valence-electron chi connectivity index (χ2n) is 5.57. The number of hydrogen-bond donors (Lipinski definition) is 0. The Morgan fingerprint density at radius 3 is 2.56 bits per heavy atom. The van der Waals surface area contributed by atoms with Crippen molar-refractivity contribution in [2.45, 2.75) is 58.2 Å². The molecule has 0 radical (unpaired) electrons. The SMILES string of the molecule is C=CCC(C)(CC=C)CCCOC1CCCCO1. The normalized spacial score (nSPS) is 20.6. The van der Waals surface area contributed by atoms with Gasteiger partial charge in [0.1, 0.15) is 0 Å². The second-order valence-corrected chi connectivity index (χ2v) is 5.57. The van der Waals surface area contributed by atoms with Crippen LogP contribution in [-0.4, -0.2) is 19.5 Å². The molecule has 0 spiro atoms. The molecule has 0 N–H and O–H groups in total. The highest BCUT2D eigenvalue weighted by Gasteiger charge is 2.21. The van der Waals surface area contributed by atoms with E-state index in [0.717, 1.165) is 45.3 Å². The Kier molecular flexibility index (Phi) is 7.29. The summed E-state index contributed by atoms with van der Waals surface area (Å²) in [6, 6.07) is 0. The summed E-state index contributed by atoms with van der Waals surface area (Å²) < 4.78 is 11.3. The van der Waals surface area contributed by atoms with Crippen molar-refractivity contribution in [3.05, 3.63) is 25.3 Å². The highest BCUT2D eigenvalue weighted by Crippen LogP contribution is 2.32. The molecular formula is C16H28O2. The lowest BCUT2D eigenvalue weighted by molar-refractivity contribution is -0.163. The summed E-state index contributed by atoms with van der Waals surface area (Å²) in [6.07, 6.45) is 11.8. The molecule has 0 saturated carbocycles. The highest BCUT2D eigenvalue weighted by molar-refractivity contribution is 4.88. The van der Waals surface area contributed by atoms with Gasteiger partial charge in [-0.25, -0.2) is 0 Å². The van der Waals surface area contributed by atoms with Crippen molar-refractivity contribution in [2.75, 3.05) is 13.2 Å². The first kappa shape index (κ1) is 15.5. The molecule has 0 aromatic heterocycles. The summed E-state index contributed by atoms with van der Waals surface area (Å²) >= 11 is 0. The predicted octanol–water partition coefficient (Wildman–Crippen LogP) is 4.47. The van der Waals surface area contributed by atoms with Crippen LogP contribution in [0.3, 0.4) is 0 Å². The Bertz CT molecular complexity index is 231. The monoisotopic (exact) mass is 252 g/mol. The van der Waals surface area contributed by atoms with E-state index in [9.17, 15) is 0 Å². The van der Waals surface area contributed by atoms with Gasteiger partial charge >= 0.3 is 0 Å². The van der Waals surface area contributed by atoms with Crippen LogP contribution in [-0.2, 0) is 9.47 Å². The molecular weight excluding hydrogens is 224 g/mol. The topological polar surface area (TPSA) is 18.5 Å². The average molecular weight is 252 g/mol. The zero-order valence-corrected chi connectivity index (χ0v) is 11.8. The molecule has 2 nitrogen and oxygen atoms in total. The van der Waals surface area contributed by atoms with E-state index in [1.54, 1.807) is 0 Å². The van der Waals surface area contributed by atoms with Crippen LogP contribution in [0.5, 0.6) is 0 Å². The van der Waals surface area contributed by atoms with E-state index in [-0.39, 0.29) is 6.29 Å². The summed E-state index contributed by atoms with van der Waals surface area (Å²) in [5.74, 6) is 0. The fourth-order valence-electron chi connectivity index (χ4n) is 2.54. The minimum absolute atomic E-state index is 0.0452. The van der Waals surface area contributed by atoms with Crippen molar-refractivity contribution in [2.24, 2.45) is 5.41 Å². The largest absolute Gasteiger partial charge is 0.353 e. The first-order valence-electron chi connectivity index (χ1n) is 7.15. The summed E-state index contributed by atoms with van der Waals surface area (Å²) in [6.45, 7) is 11.6. The van der Waals surface area contributed by atoms with Crippen LogP contribution in [0.2, 0.25) is 0 Å². The molecule has 1 saturated heterocycles. The molecule has 1 unspecified atom stereocenters. The van der Waals surface area contributed by atoms with Gasteiger partial charge in [0.25, 0.3) is 0 Å². The molecule has 104 valence electrons. The Morgan fingerprint density at radius 1 is 1.28 bits per heavy atom. The van der Waals surface area contributed by atoms with Crippen LogP contribution in [0.15, 0.2) is 25.3 Å². The second kappa shape index (κ2) is 8.49. The lowest BCUT2D eigenvalue weighted by atomic mass is 9.79. The van der Waals surface area contributed by atoms with E-state index in [1.807, 2.05) is 12.2 Å². The van der Waals surface area contributed by atoms with Crippen molar-refractivity contribution >= 4 is 0 Å². The molecule has 0 aliphatic carbocycles. The molecule has 0 aromatic carbocycles. The summed E-state index contributed by atoms with van der Waals surface area (Å²) in [5.41, 5.74) is 0.292. The molecule has 1 heterocycles. The van der Waals surface area contributed by atoms with E-state index in [1.165, 1.54) is 12.8 Å². The maximum atomic E-state index is 5.76. The molecule has 1 fully saturated rings. The van der Waals surface area contributed by atoms with E-state index in [4.69, 9.17) is 9.47 Å². The molecule has 1 rings (SSSR count). The summed E-state index contributed by atoms with van der Waals surface area (Å²) in [7, 11) is 0. The Balaban J connectivity index is 2.17. The molecule has 2 heteroatoms. The fraction of sp³-hybridized carbons (Fsp3) is 0.750. The third kappa shape index (κ3) is 5.83. The van der Waals surface area contributed by atoms with E-state index < -0.39 is 0 Å². The Labute approximate surface area is 112 Å². The van der Waals surface area contributed by atoms with Gasteiger partial charge in [0.15, 0.2) is 6.29 Å². The fourth-order valence-corrected chi connectivity index (χ4v) is 2.54. The lowest BCUT2D eigenvalue weighted by Gasteiger charge is -2.28. The van der Waals surface area contributed by atoms with Gasteiger partial charge in [-0.2, -0.15) is 0 Å². The lowest BCUT2D eigenvalue weighted by Crippen LogP contribution is -2.23. The van der Waals surface area contributed by atoms with Gasteiger partial charge in [-0.05, 0) is 50.4 Å². The number of hydrogen-bond acceptors (Lipinski definition) is 2. The third-order valence-electron chi connectivity index (χ3n) is 3.64. The maximum absolute atomic E-state index is 5.76. The van der Waals surface area contributed by atoms with Gasteiger partial charge < -0.3 is 9.47 Å². The van der Waals surface area contributed by atoms with E-state index >= 15 is 0 Å². The van der Waals surface area contributed by atoms with Crippen molar-refractivity contribution in [1.82, 2.24) is 0 Å². The highest BCUT2D eigenvalue weighted by atomic mass is 16.7. The summed E-state index contributed by atoms with van der Waals surface area (Å²) in [5, 5.41) is 0. The van der Waals surface area contributed by atoms with Crippen LogP contribution in [0.4, 0.5) is 0 Å². The molecule has 18 heavy (non-hydrogen) atoms. The first-order valence-corrected chi connectivity index (χ1v) is 7.15. The van der Waals surface area contributed by atoms with Crippen LogP contribution < -0.4 is 0 Å². The van der Waals surface area contributed by atoms with E-state index in [0.29, 0.717) is 5.41 Å². The van der Waals surface area contributed by atoms with Crippen LogP contribution in [0.25, 0.3) is 0 Å². The third-order valence-corrected chi connectivity index (χ3v) is 3.64. The van der Waals surface area contributed by atoms with Gasteiger partial charge in [0.2, 0.25) is 0 Å². The van der Waals surface area contributed by atoms with Crippen molar-refractivity contribution < 1.29 is 9.47 Å². The molecule has 0 aromatic rings. The predicted molar refractivity (Wildman–Crippen MR) is 76.5 cm³/mol. The first-order chi connectivity index (χ1) is 8.70. The van der Waals surface area contributed by atoms with Crippen molar-refractivity contribution in [3.8, 4) is 0 Å². The zero-order chi connectivity index (χ0) is 13.3.